The van der Waals surface area contributed by atoms with Gasteiger partial charge in [-0.05, 0) is 70.7 Å². The van der Waals surface area contributed by atoms with Crippen molar-refractivity contribution < 1.29 is 85.0 Å². The molecular formula is C20H10Cl4N8Na2O6S2. The Morgan fingerprint density at radius 1 is 0.619 bits per heavy atom. The largest absolute Gasteiger partial charge is 1.00 e. The second-order valence-electron chi connectivity index (χ2n) is 7.06. The van der Waals surface area contributed by atoms with E-state index in [1.165, 1.54) is 36.4 Å². The number of hydrogen-bond acceptors (Lipinski definition) is 14. The standard InChI is InChI=1S/C20H12Cl4N8O6S2.2Na/c21-15-27-16(22)30-19(29-15)25-11-5-3-9(13(7-11)37-39(33)34)1-2-10-4-6-12(8-14(10)38-40(35)36)26-20-31-17(23)28-18(24)32-20;;/h1-8H,(H,33,34)(H,35,36)(H,25,27,29,30)(H,26,28,31,32);;/q;2*+1/p-2. The normalized spacial score (nSPS) is 12.0. The van der Waals surface area contributed by atoms with Crippen LogP contribution in [0.5, 0.6) is 11.5 Å². The number of anilines is 4. The van der Waals surface area contributed by atoms with Crippen LogP contribution in [-0.2, 0) is 22.7 Å². The molecule has 2 heterocycles. The van der Waals surface area contributed by atoms with Crippen LogP contribution in [-0.4, -0.2) is 47.4 Å². The van der Waals surface area contributed by atoms with Crippen molar-refractivity contribution in [1.82, 2.24) is 29.9 Å². The van der Waals surface area contributed by atoms with Gasteiger partial charge in [-0.1, -0.05) is 12.2 Å². The Bertz CT molecular complexity index is 1500. The minimum absolute atomic E-state index is 0. The molecule has 0 radical (unpaired) electrons. The molecule has 208 valence electrons. The summed E-state index contributed by atoms with van der Waals surface area (Å²) in [5.41, 5.74) is 1.26. The monoisotopic (exact) mass is 708 g/mol. The van der Waals surface area contributed by atoms with Gasteiger partial charge in [0.05, 0.1) is 0 Å². The molecule has 2 aromatic carbocycles. The molecule has 22 heteroatoms. The van der Waals surface area contributed by atoms with Crippen LogP contribution in [0, 0.1) is 0 Å². The SMILES string of the molecule is O=S([O-])Oc1cc(Nc2nc(Cl)nc(Cl)n2)ccc1C=Cc1ccc(Nc2nc(Cl)nc(Cl)n2)cc1OS(=O)[O-].[Na+].[Na+]. The zero-order valence-corrected chi connectivity index (χ0v) is 29.7. The summed E-state index contributed by atoms with van der Waals surface area (Å²) in [6.07, 6.45) is 2.94. The number of benzene rings is 2. The second-order valence-corrected chi connectivity index (χ2v) is 9.56. The quantitative estimate of drug-likeness (QED) is 0.112. The molecule has 14 nitrogen and oxygen atoms in total. The van der Waals surface area contributed by atoms with Gasteiger partial charge in [-0.15, -0.1) is 0 Å². The molecule has 0 saturated carbocycles. The topological polar surface area (TPSA) is 200 Å². The summed E-state index contributed by atoms with van der Waals surface area (Å²) in [6, 6.07) is 8.86. The molecular weight excluding hydrogens is 700 g/mol. The summed E-state index contributed by atoms with van der Waals surface area (Å²) in [6.45, 7) is 0. The summed E-state index contributed by atoms with van der Waals surface area (Å²) in [7, 11) is 0. The van der Waals surface area contributed by atoms with Gasteiger partial charge < -0.3 is 28.1 Å². The number of nitrogens with zero attached hydrogens (tertiary/aromatic N) is 6. The average molecular weight is 710 g/mol. The van der Waals surface area contributed by atoms with Crippen LogP contribution in [0.25, 0.3) is 12.2 Å². The maximum absolute atomic E-state index is 11.3. The Hall–Kier alpha value is -1.22. The first-order chi connectivity index (χ1) is 19.0. The Morgan fingerprint density at radius 3 is 1.26 bits per heavy atom. The first-order valence-electron chi connectivity index (χ1n) is 10.2. The first-order valence-corrected chi connectivity index (χ1v) is 13.7. The Labute approximate surface area is 307 Å². The third kappa shape index (κ3) is 11.4. The fourth-order valence-corrected chi connectivity index (χ4v) is 4.30. The van der Waals surface area contributed by atoms with E-state index in [2.05, 4.69) is 40.5 Å². The maximum atomic E-state index is 11.3. The minimum Gasteiger partial charge on any atom is -0.740 e. The van der Waals surface area contributed by atoms with E-state index < -0.39 is 22.7 Å². The number of aromatic nitrogens is 6. The molecule has 2 unspecified atom stereocenters. The van der Waals surface area contributed by atoms with Crippen LogP contribution < -0.4 is 78.1 Å². The zero-order valence-electron chi connectivity index (χ0n) is 21.1. The summed E-state index contributed by atoms with van der Waals surface area (Å²) in [5.74, 6) is -0.161. The molecule has 0 aliphatic carbocycles. The van der Waals surface area contributed by atoms with E-state index in [9.17, 15) is 17.5 Å². The molecule has 0 saturated heterocycles. The van der Waals surface area contributed by atoms with E-state index in [1.807, 2.05) is 0 Å². The van der Waals surface area contributed by atoms with Crippen LogP contribution >= 0.6 is 46.4 Å². The van der Waals surface area contributed by atoms with E-state index in [4.69, 9.17) is 54.8 Å². The zero-order chi connectivity index (χ0) is 28.8. The summed E-state index contributed by atoms with van der Waals surface area (Å²) in [5, 5.41) is 4.99. The summed E-state index contributed by atoms with van der Waals surface area (Å²) < 4.78 is 55.0. The van der Waals surface area contributed by atoms with E-state index in [-0.39, 0.29) is 104 Å². The van der Waals surface area contributed by atoms with Crippen molar-refractivity contribution in [2.24, 2.45) is 0 Å². The van der Waals surface area contributed by atoms with Crippen LogP contribution in [0.1, 0.15) is 11.1 Å². The van der Waals surface area contributed by atoms with Gasteiger partial charge in [-0.2, -0.15) is 29.9 Å². The van der Waals surface area contributed by atoms with Gasteiger partial charge in [0.2, 0.25) is 33.0 Å². The van der Waals surface area contributed by atoms with Gasteiger partial charge in [0.1, 0.15) is 34.2 Å². The average Bonchev–Trinajstić information content (AvgIpc) is 2.82. The van der Waals surface area contributed by atoms with E-state index in [1.54, 1.807) is 12.1 Å². The van der Waals surface area contributed by atoms with Gasteiger partial charge in [0.15, 0.2) is 0 Å². The van der Waals surface area contributed by atoms with Gasteiger partial charge in [0, 0.05) is 34.6 Å². The van der Waals surface area contributed by atoms with Crippen molar-refractivity contribution in [1.29, 1.82) is 0 Å². The second kappa shape index (κ2) is 17.3. The van der Waals surface area contributed by atoms with Crippen LogP contribution in [0.2, 0.25) is 21.1 Å². The Balaban J connectivity index is 0.00000308. The van der Waals surface area contributed by atoms with Crippen molar-refractivity contribution in [3.8, 4) is 11.5 Å². The van der Waals surface area contributed by atoms with Crippen LogP contribution in [0.3, 0.4) is 0 Å². The van der Waals surface area contributed by atoms with E-state index in [0.29, 0.717) is 22.5 Å². The van der Waals surface area contributed by atoms with Gasteiger partial charge in [-0.3, -0.25) is 0 Å². The summed E-state index contributed by atoms with van der Waals surface area (Å²) in [4.78, 5) is 22.8. The molecule has 0 spiro atoms. The fraction of sp³-hybridized carbons (Fsp3) is 0. The van der Waals surface area contributed by atoms with Crippen molar-refractivity contribution in [3.05, 3.63) is 68.7 Å². The molecule has 2 N–H and O–H groups in total. The Morgan fingerprint density at radius 2 is 0.952 bits per heavy atom. The first kappa shape index (κ1) is 37.0. The molecule has 42 heavy (non-hydrogen) atoms. The smallest absolute Gasteiger partial charge is 0.740 e. The summed E-state index contributed by atoms with van der Waals surface area (Å²) >= 11 is 17.3. The molecule has 2 atom stereocenters. The van der Waals surface area contributed by atoms with Crippen molar-refractivity contribution in [3.63, 3.8) is 0 Å². The molecule has 0 bridgehead atoms. The van der Waals surface area contributed by atoms with Crippen molar-refractivity contribution >= 4 is 105 Å². The fourth-order valence-electron chi connectivity index (χ4n) is 2.99. The minimum atomic E-state index is -2.92. The van der Waals surface area contributed by atoms with Crippen LogP contribution in [0.4, 0.5) is 23.3 Å². The number of halogens is 4. The predicted molar refractivity (Wildman–Crippen MR) is 147 cm³/mol. The van der Waals surface area contributed by atoms with E-state index >= 15 is 0 Å². The van der Waals surface area contributed by atoms with Crippen molar-refractivity contribution in [2.75, 3.05) is 10.6 Å². The van der Waals surface area contributed by atoms with Gasteiger partial charge in [-0.25, -0.2) is 8.42 Å². The molecule has 0 amide bonds. The third-order valence-electron chi connectivity index (χ3n) is 4.46. The van der Waals surface area contributed by atoms with Crippen LogP contribution in [0.15, 0.2) is 36.4 Å². The van der Waals surface area contributed by atoms with Gasteiger partial charge in [0.25, 0.3) is 0 Å². The number of hydrogen-bond donors (Lipinski definition) is 2. The molecule has 2 aromatic heterocycles. The molecule has 0 aliphatic heterocycles. The molecule has 4 rings (SSSR count). The third-order valence-corrected chi connectivity index (χ3v) is 5.77. The Kier molecular flexibility index (Phi) is 15.2. The molecule has 0 aliphatic rings. The van der Waals surface area contributed by atoms with Gasteiger partial charge >= 0.3 is 59.1 Å². The molecule has 4 aromatic rings. The van der Waals surface area contributed by atoms with Crippen molar-refractivity contribution in [2.45, 2.75) is 0 Å². The molecule has 0 fully saturated rings. The van der Waals surface area contributed by atoms with E-state index in [0.717, 1.165) is 0 Å². The predicted octanol–water partition coefficient (Wildman–Crippen LogP) is -1.32. The number of nitrogens with one attached hydrogen (secondary N) is 2. The number of rotatable bonds is 10. The maximum Gasteiger partial charge on any atom is 1.00 e.